The van der Waals surface area contributed by atoms with Crippen molar-refractivity contribution in [2.24, 2.45) is 0 Å². The van der Waals surface area contributed by atoms with E-state index in [2.05, 4.69) is 5.32 Å². The predicted molar refractivity (Wildman–Crippen MR) is 122 cm³/mol. The number of ketones is 1. The quantitative estimate of drug-likeness (QED) is 0.434. The maximum Gasteiger partial charge on any atom is 0.164 e. The van der Waals surface area contributed by atoms with Gasteiger partial charge < -0.3 is 24.4 Å². The monoisotopic (exact) mass is 443 g/mol. The standard InChI is InChI=1S/C25H33NO6/c1-26-16-32-23-12-8-18(21-4-3-13-31-25(21)23)7-10-20(28)15-19(27)9-5-17-6-11-22(29)24(14-17)30-2/h6,8,11-12,14,20,26,28-29H,3-5,7,9-10,13,15-16H2,1-2H3/t20-/m1/s1. The summed E-state index contributed by atoms with van der Waals surface area (Å²) in [6.45, 7) is 1.09. The molecule has 0 saturated carbocycles. The molecule has 1 aliphatic heterocycles. The molecule has 1 heterocycles. The highest BCUT2D eigenvalue weighted by atomic mass is 16.5. The largest absolute Gasteiger partial charge is 0.504 e. The van der Waals surface area contributed by atoms with Crippen molar-refractivity contribution < 1.29 is 29.2 Å². The Balaban J connectivity index is 1.51. The van der Waals surface area contributed by atoms with Crippen molar-refractivity contribution in [2.45, 2.75) is 51.0 Å². The Bertz CT molecular complexity index is 914. The summed E-state index contributed by atoms with van der Waals surface area (Å²) in [6, 6.07) is 9.02. The van der Waals surface area contributed by atoms with Crippen molar-refractivity contribution >= 4 is 5.78 Å². The normalized spacial score (nSPS) is 13.7. The van der Waals surface area contributed by atoms with Gasteiger partial charge in [0, 0.05) is 18.4 Å². The van der Waals surface area contributed by atoms with Crippen LogP contribution in [0.25, 0.3) is 0 Å². The van der Waals surface area contributed by atoms with Crippen molar-refractivity contribution in [1.82, 2.24) is 5.32 Å². The van der Waals surface area contributed by atoms with Gasteiger partial charge in [-0.3, -0.25) is 10.1 Å². The van der Waals surface area contributed by atoms with Crippen LogP contribution in [0, 0.1) is 0 Å². The number of phenolic OH excluding ortho intramolecular Hbond substituents is 1. The molecular weight excluding hydrogens is 410 g/mol. The van der Waals surface area contributed by atoms with Crippen LogP contribution < -0.4 is 19.5 Å². The second kappa shape index (κ2) is 11.7. The van der Waals surface area contributed by atoms with Gasteiger partial charge in [-0.2, -0.15) is 0 Å². The SMILES string of the molecule is CNCOc1ccc(CC[C@@H](O)CC(=O)CCc2ccc(O)c(OC)c2)c2c1OCCC2. The highest BCUT2D eigenvalue weighted by molar-refractivity contribution is 5.79. The minimum atomic E-state index is -0.683. The molecule has 0 saturated heterocycles. The van der Waals surface area contributed by atoms with Gasteiger partial charge in [0.05, 0.1) is 19.8 Å². The molecule has 7 heteroatoms. The third kappa shape index (κ3) is 6.37. The number of rotatable bonds is 12. The fraction of sp³-hybridized carbons (Fsp3) is 0.480. The second-order valence-electron chi connectivity index (χ2n) is 8.07. The van der Waals surface area contributed by atoms with Crippen LogP contribution in [-0.2, 0) is 24.1 Å². The lowest BCUT2D eigenvalue weighted by Crippen LogP contribution is -2.18. The zero-order valence-electron chi connectivity index (χ0n) is 18.9. The second-order valence-corrected chi connectivity index (χ2v) is 8.07. The summed E-state index contributed by atoms with van der Waals surface area (Å²) in [5.41, 5.74) is 3.19. The zero-order chi connectivity index (χ0) is 22.9. The number of carbonyl (C=O) groups excluding carboxylic acids is 1. The zero-order valence-corrected chi connectivity index (χ0v) is 18.9. The number of fused-ring (bicyclic) bond motifs is 1. The molecule has 0 amide bonds. The Morgan fingerprint density at radius 3 is 2.84 bits per heavy atom. The molecule has 2 aromatic rings. The molecular formula is C25H33NO6. The molecule has 1 aliphatic rings. The van der Waals surface area contributed by atoms with E-state index >= 15 is 0 Å². The lowest BCUT2D eigenvalue weighted by Gasteiger charge is -2.23. The van der Waals surface area contributed by atoms with Crippen LogP contribution in [0.5, 0.6) is 23.0 Å². The highest BCUT2D eigenvalue weighted by Crippen LogP contribution is 2.38. The van der Waals surface area contributed by atoms with E-state index in [4.69, 9.17) is 14.2 Å². The molecule has 0 unspecified atom stereocenters. The third-order valence-electron chi connectivity index (χ3n) is 5.66. The summed E-state index contributed by atoms with van der Waals surface area (Å²) in [6.07, 6.45) is 3.41. The highest BCUT2D eigenvalue weighted by Gasteiger charge is 2.20. The van der Waals surface area contributed by atoms with Crippen LogP contribution in [0.4, 0.5) is 0 Å². The molecule has 0 fully saturated rings. The topological polar surface area (TPSA) is 97.2 Å². The fourth-order valence-electron chi connectivity index (χ4n) is 3.95. The number of aliphatic hydroxyl groups is 1. The Morgan fingerprint density at radius 1 is 1.22 bits per heavy atom. The van der Waals surface area contributed by atoms with Gasteiger partial charge in [0.15, 0.2) is 23.0 Å². The van der Waals surface area contributed by atoms with Gasteiger partial charge in [0.2, 0.25) is 0 Å². The number of hydrogen-bond acceptors (Lipinski definition) is 7. The Labute approximate surface area is 189 Å². The number of carbonyl (C=O) groups is 1. The Kier molecular flexibility index (Phi) is 8.76. The molecule has 0 spiro atoms. The molecule has 0 bridgehead atoms. The number of phenols is 1. The van der Waals surface area contributed by atoms with Crippen molar-refractivity contribution in [2.75, 3.05) is 27.5 Å². The minimum absolute atomic E-state index is 0.0192. The molecule has 32 heavy (non-hydrogen) atoms. The summed E-state index contributed by atoms with van der Waals surface area (Å²) in [5.74, 6) is 2.03. The summed E-state index contributed by atoms with van der Waals surface area (Å²) in [7, 11) is 3.32. The fourth-order valence-corrected chi connectivity index (χ4v) is 3.95. The number of methoxy groups -OCH3 is 1. The van der Waals surface area contributed by atoms with Crippen LogP contribution in [-0.4, -0.2) is 49.6 Å². The number of nitrogens with one attached hydrogen (secondary N) is 1. The molecule has 3 rings (SSSR count). The number of aliphatic hydroxyl groups excluding tert-OH is 1. The Hall–Kier alpha value is -2.77. The lowest BCUT2D eigenvalue weighted by atomic mass is 9.94. The first-order chi connectivity index (χ1) is 15.5. The average molecular weight is 444 g/mol. The van der Waals surface area contributed by atoms with E-state index in [1.807, 2.05) is 19.2 Å². The maximum atomic E-state index is 12.4. The number of Topliss-reactive ketones (excluding diaryl/α,β-unsaturated/α-hetero) is 1. The number of ether oxygens (including phenoxy) is 3. The molecule has 0 radical (unpaired) electrons. The third-order valence-corrected chi connectivity index (χ3v) is 5.66. The predicted octanol–water partition coefficient (Wildman–Crippen LogP) is 3.17. The summed E-state index contributed by atoms with van der Waals surface area (Å²) >= 11 is 0. The van der Waals surface area contributed by atoms with E-state index in [1.54, 1.807) is 18.2 Å². The van der Waals surface area contributed by atoms with E-state index in [9.17, 15) is 15.0 Å². The molecule has 3 N–H and O–H groups in total. The number of benzene rings is 2. The molecule has 2 aromatic carbocycles. The molecule has 0 aromatic heterocycles. The van der Waals surface area contributed by atoms with Gasteiger partial charge in [-0.15, -0.1) is 0 Å². The van der Waals surface area contributed by atoms with Crippen LogP contribution >= 0.6 is 0 Å². The van der Waals surface area contributed by atoms with Gasteiger partial charge >= 0.3 is 0 Å². The van der Waals surface area contributed by atoms with Gasteiger partial charge in [0.25, 0.3) is 0 Å². The first-order valence-corrected chi connectivity index (χ1v) is 11.1. The van der Waals surface area contributed by atoms with Gasteiger partial charge in [-0.1, -0.05) is 12.1 Å². The number of hydrogen-bond donors (Lipinski definition) is 3. The van der Waals surface area contributed by atoms with Crippen molar-refractivity contribution in [3.63, 3.8) is 0 Å². The first kappa shape index (κ1) is 23.9. The van der Waals surface area contributed by atoms with Crippen LogP contribution in [0.3, 0.4) is 0 Å². The van der Waals surface area contributed by atoms with E-state index in [0.29, 0.717) is 44.8 Å². The van der Waals surface area contributed by atoms with Gasteiger partial charge in [-0.05, 0) is 68.5 Å². The van der Waals surface area contributed by atoms with E-state index in [1.165, 1.54) is 7.11 Å². The summed E-state index contributed by atoms with van der Waals surface area (Å²) in [4.78, 5) is 12.4. The van der Waals surface area contributed by atoms with E-state index in [0.717, 1.165) is 41.0 Å². The van der Waals surface area contributed by atoms with Crippen LogP contribution in [0.2, 0.25) is 0 Å². The molecule has 0 aliphatic carbocycles. The summed E-state index contributed by atoms with van der Waals surface area (Å²) < 4.78 is 16.7. The number of aromatic hydroxyl groups is 1. The first-order valence-electron chi connectivity index (χ1n) is 11.1. The summed E-state index contributed by atoms with van der Waals surface area (Å²) in [5, 5.41) is 23.1. The smallest absolute Gasteiger partial charge is 0.164 e. The van der Waals surface area contributed by atoms with E-state index in [-0.39, 0.29) is 18.0 Å². The van der Waals surface area contributed by atoms with Crippen molar-refractivity contribution in [1.29, 1.82) is 0 Å². The maximum absolute atomic E-state index is 12.4. The van der Waals surface area contributed by atoms with Crippen molar-refractivity contribution in [3.8, 4) is 23.0 Å². The molecule has 1 atom stereocenters. The minimum Gasteiger partial charge on any atom is -0.504 e. The molecule has 7 nitrogen and oxygen atoms in total. The van der Waals surface area contributed by atoms with Crippen LogP contribution in [0.15, 0.2) is 30.3 Å². The van der Waals surface area contributed by atoms with E-state index < -0.39 is 6.10 Å². The Morgan fingerprint density at radius 2 is 2.06 bits per heavy atom. The number of aryl methyl sites for hydroxylation is 2. The average Bonchev–Trinajstić information content (AvgIpc) is 2.81. The van der Waals surface area contributed by atoms with Gasteiger partial charge in [0.1, 0.15) is 12.5 Å². The lowest BCUT2D eigenvalue weighted by molar-refractivity contribution is -0.121. The van der Waals surface area contributed by atoms with Crippen molar-refractivity contribution in [3.05, 3.63) is 47.0 Å². The van der Waals surface area contributed by atoms with Gasteiger partial charge in [-0.25, -0.2) is 0 Å². The van der Waals surface area contributed by atoms with Crippen LogP contribution in [0.1, 0.15) is 42.4 Å². The molecule has 174 valence electrons.